The molecule has 1 unspecified atom stereocenters. The fourth-order valence-electron chi connectivity index (χ4n) is 4.73. The topological polar surface area (TPSA) is 78.9 Å². The monoisotopic (exact) mass is 568 g/mol. The van der Waals surface area contributed by atoms with E-state index in [0.717, 1.165) is 57.8 Å². The fraction of sp³-hybridized carbons (Fsp3) is 0.912. The molecular weight excluding hydrogens is 504 g/mol. The number of carbonyl (C=O) groups excluding carboxylic acids is 3. The van der Waals surface area contributed by atoms with Gasteiger partial charge >= 0.3 is 17.9 Å². The van der Waals surface area contributed by atoms with Gasteiger partial charge in [0.05, 0.1) is 0 Å². The smallest absolute Gasteiger partial charge is 0.306 e. The third kappa shape index (κ3) is 28.0. The average molecular weight is 569 g/mol. The van der Waals surface area contributed by atoms with E-state index in [1.54, 1.807) is 0 Å². The summed E-state index contributed by atoms with van der Waals surface area (Å²) in [6.07, 6.45) is 25.4. The van der Waals surface area contributed by atoms with Crippen molar-refractivity contribution in [3.63, 3.8) is 0 Å². The molecule has 6 heteroatoms. The van der Waals surface area contributed by atoms with Crippen LogP contribution < -0.4 is 0 Å². The summed E-state index contributed by atoms with van der Waals surface area (Å²) in [5, 5.41) is 0. The van der Waals surface area contributed by atoms with Crippen molar-refractivity contribution in [3.8, 4) is 0 Å². The molecule has 1 atom stereocenters. The molecule has 0 amide bonds. The summed E-state index contributed by atoms with van der Waals surface area (Å²) in [7, 11) is 0. The molecule has 0 aliphatic carbocycles. The Morgan fingerprint density at radius 1 is 0.400 bits per heavy atom. The predicted octanol–water partition coefficient (Wildman–Crippen LogP) is 9.80. The SMILES string of the molecule is CCCCCCCCCCC(=O)OCC(COC(=O)CCCCCCCCC)OC(=O)CCCCCCCCC. The molecule has 0 heterocycles. The van der Waals surface area contributed by atoms with E-state index in [4.69, 9.17) is 14.2 Å². The number of unbranched alkanes of at least 4 members (excludes halogenated alkanes) is 19. The van der Waals surface area contributed by atoms with Crippen LogP contribution >= 0.6 is 0 Å². The third-order valence-electron chi connectivity index (χ3n) is 7.36. The van der Waals surface area contributed by atoms with Crippen LogP contribution in [-0.4, -0.2) is 37.2 Å². The van der Waals surface area contributed by atoms with Gasteiger partial charge in [0.1, 0.15) is 13.2 Å². The number of ether oxygens (including phenoxy) is 3. The normalized spacial score (nSPS) is 11.8. The summed E-state index contributed by atoms with van der Waals surface area (Å²) >= 11 is 0. The van der Waals surface area contributed by atoms with Gasteiger partial charge in [-0.05, 0) is 19.3 Å². The van der Waals surface area contributed by atoms with Gasteiger partial charge in [-0.2, -0.15) is 0 Å². The minimum Gasteiger partial charge on any atom is -0.462 e. The molecule has 0 radical (unpaired) electrons. The van der Waals surface area contributed by atoms with E-state index in [0.29, 0.717) is 19.3 Å². The Hall–Kier alpha value is -1.59. The molecule has 0 N–H and O–H groups in total. The first-order chi connectivity index (χ1) is 19.5. The van der Waals surface area contributed by atoms with Gasteiger partial charge < -0.3 is 14.2 Å². The van der Waals surface area contributed by atoms with E-state index in [9.17, 15) is 14.4 Å². The number of rotatable bonds is 30. The van der Waals surface area contributed by atoms with Crippen molar-refractivity contribution in [2.45, 2.75) is 187 Å². The summed E-state index contributed by atoms with van der Waals surface area (Å²) in [6.45, 7) is 6.49. The zero-order valence-corrected chi connectivity index (χ0v) is 26.6. The molecule has 6 nitrogen and oxygen atoms in total. The number of hydrogen-bond acceptors (Lipinski definition) is 6. The molecule has 40 heavy (non-hydrogen) atoms. The van der Waals surface area contributed by atoms with E-state index in [-0.39, 0.29) is 31.1 Å². The maximum atomic E-state index is 12.4. The van der Waals surface area contributed by atoms with Gasteiger partial charge in [-0.3, -0.25) is 14.4 Å². The Labute approximate surface area is 247 Å². The van der Waals surface area contributed by atoms with Gasteiger partial charge in [-0.15, -0.1) is 0 Å². The molecule has 0 aliphatic rings. The first-order valence-electron chi connectivity index (χ1n) is 17.0. The standard InChI is InChI=1S/C34H64O6/c1-4-7-10-13-16-19-21-24-27-33(36)39-30-31(40-34(37)28-25-22-18-15-12-9-6-3)29-38-32(35)26-23-20-17-14-11-8-5-2/h31H,4-30H2,1-3H3. The molecule has 0 bridgehead atoms. The Kier molecular flexibility index (Phi) is 29.2. The summed E-state index contributed by atoms with van der Waals surface area (Å²) in [5.74, 6) is -0.888. The first-order valence-corrected chi connectivity index (χ1v) is 17.0. The van der Waals surface area contributed by atoms with Crippen LogP contribution in [0.25, 0.3) is 0 Å². The van der Waals surface area contributed by atoms with E-state index in [2.05, 4.69) is 20.8 Å². The Morgan fingerprint density at radius 2 is 0.675 bits per heavy atom. The molecule has 0 saturated heterocycles. The molecule has 0 fully saturated rings. The van der Waals surface area contributed by atoms with Gasteiger partial charge in [0, 0.05) is 19.3 Å². The second kappa shape index (κ2) is 30.4. The van der Waals surface area contributed by atoms with Crippen LogP contribution in [0, 0.1) is 0 Å². The van der Waals surface area contributed by atoms with Crippen LogP contribution in [0.1, 0.15) is 181 Å². The van der Waals surface area contributed by atoms with Gasteiger partial charge in [-0.1, -0.05) is 143 Å². The zero-order valence-electron chi connectivity index (χ0n) is 26.6. The quantitative estimate of drug-likeness (QED) is 0.0487. The number of esters is 3. The van der Waals surface area contributed by atoms with Gasteiger partial charge in [0.25, 0.3) is 0 Å². The minimum absolute atomic E-state index is 0.0662. The van der Waals surface area contributed by atoms with Crippen LogP contribution in [0.4, 0.5) is 0 Å². The van der Waals surface area contributed by atoms with Gasteiger partial charge in [0.15, 0.2) is 6.10 Å². The highest BCUT2D eigenvalue weighted by atomic mass is 16.6. The zero-order chi connectivity index (χ0) is 29.5. The van der Waals surface area contributed by atoms with E-state index >= 15 is 0 Å². The molecule has 0 rings (SSSR count). The molecule has 0 aromatic heterocycles. The van der Waals surface area contributed by atoms with Crippen LogP contribution in [-0.2, 0) is 28.6 Å². The van der Waals surface area contributed by atoms with Crippen molar-refractivity contribution >= 4 is 17.9 Å². The molecule has 0 aliphatic heterocycles. The highest BCUT2D eigenvalue weighted by Crippen LogP contribution is 2.13. The highest BCUT2D eigenvalue weighted by molar-refractivity contribution is 5.71. The molecule has 0 spiro atoms. The Bertz CT molecular complexity index is 591. The lowest BCUT2D eigenvalue weighted by Crippen LogP contribution is -2.30. The van der Waals surface area contributed by atoms with E-state index < -0.39 is 6.10 Å². The summed E-state index contributed by atoms with van der Waals surface area (Å²) in [6, 6.07) is 0. The van der Waals surface area contributed by atoms with E-state index in [1.807, 2.05) is 0 Å². The summed E-state index contributed by atoms with van der Waals surface area (Å²) in [5.41, 5.74) is 0. The van der Waals surface area contributed by atoms with Gasteiger partial charge in [-0.25, -0.2) is 0 Å². The van der Waals surface area contributed by atoms with Crippen molar-refractivity contribution < 1.29 is 28.6 Å². The lowest BCUT2D eigenvalue weighted by molar-refractivity contribution is -0.167. The number of hydrogen-bond donors (Lipinski definition) is 0. The maximum Gasteiger partial charge on any atom is 0.306 e. The fourth-order valence-corrected chi connectivity index (χ4v) is 4.73. The van der Waals surface area contributed by atoms with Crippen molar-refractivity contribution in [3.05, 3.63) is 0 Å². The van der Waals surface area contributed by atoms with Gasteiger partial charge in [0.2, 0.25) is 0 Å². The van der Waals surface area contributed by atoms with E-state index in [1.165, 1.54) is 83.5 Å². The van der Waals surface area contributed by atoms with Crippen LogP contribution in [0.2, 0.25) is 0 Å². The predicted molar refractivity (Wildman–Crippen MR) is 164 cm³/mol. The second-order valence-electron chi connectivity index (χ2n) is 11.4. The average Bonchev–Trinajstić information content (AvgIpc) is 2.94. The molecular formula is C34H64O6. The lowest BCUT2D eigenvalue weighted by atomic mass is 10.1. The molecule has 0 saturated carbocycles. The van der Waals surface area contributed by atoms with Crippen molar-refractivity contribution in [1.82, 2.24) is 0 Å². The van der Waals surface area contributed by atoms with Crippen LogP contribution in [0.5, 0.6) is 0 Å². The van der Waals surface area contributed by atoms with Crippen molar-refractivity contribution in [2.75, 3.05) is 13.2 Å². The first kappa shape index (κ1) is 38.4. The summed E-state index contributed by atoms with van der Waals surface area (Å²) < 4.78 is 16.4. The van der Waals surface area contributed by atoms with Crippen LogP contribution in [0.3, 0.4) is 0 Å². The minimum atomic E-state index is -0.752. The van der Waals surface area contributed by atoms with Crippen LogP contribution in [0.15, 0.2) is 0 Å². The second-order valence-corrected chi connectivity index (χ2v) is 11.4. The Balaban J connectivity index is 4.35. The van der Waals surface area contributed by atoms with Crippen molar-refractivity contribution in [2.24, 2.45) is 0 Å². The molecule has 236 valence electrons. The van der Waals surface area contributed by atoms with Crippen molar-refractivity contribution in [1.29, 1.82) is 0 Å². The largest absolute Gasteiger partial charge is 0.462 e. The molecule has 0 aromatic carbocycles. The maximum absolute atomic E-state index is 12.4. The lowest BCUT2D eigenvalue weighted by Gasteiger charge is -2.18. The Morgan fingerprint density at radius 3 is 1.00 bits per heavy atom. The highest BCUT2D eigenvalue weighted by Gasteiger charge is 2.19. The third-order valence-corrected chi connectivity index (χ3v) is 7.36. The summed E-state index contributed by atoms with van der Waals surface area (Å²) in [4.78, 5) is 36.9. The molecule has 0 aromatic rings. The number of carbonyl (C=O) groups is 3.